The molecule has 2 unspecified atom stereocenters. The molecular weight excluding hydrogens is 322 g/mol. The summed E-state index contributed by atoms with van der Waals surface area (Å²) in [4.78, 5) is 20.6. The number of nitrogens with one attached hydrogen (secondary N) is 1. The largest absolute Gasteiger partial charge is 0.463 e. The van der Waals surface area contributed by atoms with Gasteiger partial charge in [-0.15, -0.1) is 0 Å². The molecule has 0 aromatic carbocycles. The van der Waals surface area contributed by atoms with Crippen molar-refractivity contribution >= 4 is 16.9 Å². The Morgan fingerprint density at radius 2 is 2.00 bits per heavy atom. The third kappa shape index (κ3) is 4.31. The molecule has 1 aliphatic rings. The zero-order valence-electron chi connectivity index (χ0n) is 15.9. The van der Waals surface area contributed by atoms with Gasteiger partial charge in [-0.2, -0.15) is 9.97 Å². The monoisotopic (exact) mass is 351 g/mol. The third-order valence-electron chi connectivity index (χ3n) is 3.71. The van der Waals surface area contributed by atoms with E-state index in [2.05, 4.69) is 35.8 Å². The topological polar surface area (TPSA) is 108 Å². The fourth-order valence-corrected chi connectivity index (χ4v) is 2.58. The number of nitrogen functional groups attached to an aromatic ring is 1. The van der Waals surface area contributed by atoms with Gasteiger partial charge in [0.25, 0.3) is 5.56 Å². The molecule has 2 aromatic heterocycles. The van der Waals surface area contributed by atoms with Crippen molar-refractivity contribution < 1.29 is 9.47 Å². The number of nitrogens with zero attached hydrogens (tertiary/aromatic N) is 3. The Labute approximate surface area is 147 Å². The van der Waals surface area contributed by atoms with Crippen LogP contribution in [0.1, 0.15) is 60.6 Å². The summed E-state index contributed by atoms with van der Waals surface area (Å²) < 4.78 is 13.1. The average molecular weight is 351 g/mol. The molecule has 0 radical (unpaired) electrons. The summed E-state index contributed by atoms with van der Waals surface area (Å²) in [6.45, 7) is 12.6. The van der Waals surface area contributed by atoms with Crippen LogP contribution in [0.25, 0.3) is 11.0 Å². The van der Waals surface area contributed by atoms with Crippen molar-refractivity contribution in [2.45, 2.75) is 66.7 Å². The highest BCUT2D eigenvalue weighted by Gasteiger charge is 2.27. The molecule has 0 saturated carbocycles. The van der Waals surface area contributed by atoms with Crippen LogP contribution in [0, 0.1) is 5.41 Å². The lowest BCUT2D eigenvalue weighted by Crippen LogP contribution is -2.18. The zero-order chi connectivity index (χ0) is 18.8. The number of hydrogen-bond acceptors (Lipinski definition) is 6. The average Bonchev–Trinajstić information content (AvgIpc) is 3.10. The van der Waals surface area contributed by atoms with Gasteiger partial charge in [-0.3, -0.25) is 9.89 Å². The number of rotatable bonds is 3. The highest BCUT2D eigenvalue weighted by atomic mass is 16.5. The van der Waals surface area contributed by atoms with Crippen LogP contribution >= 0.6 is 0 Å². The van der Waals surface area contributed by atoms with E-state index in [0.717, 1.165) is 12.8 Å². The highest BCUT2D eigenvalue weighted by Crippen LogP contribution is 2.30. The summed E-state index contributed by atoms with van der Waals surface area (Å²) in [6.07, 6.45) is 1.64. The molecule has 25 heavy (non-hydrogen) atoms. The maximum atomic E-state index is 12.2. The molecule has 3 N–H and O–H groups in total. The molecule has 0 amide bonds. The van der Waals surface area contributed by atoms with E-state index >= 15 is 0 Å². The van der Waals surface area contributed by atoms with Gasteiger partial charge in [-0.1, -0.05) is 34.6 Å². The second-order valence-corrected chi connectivity index (χ2v) is 7.23. The lowest BCUT2D eigenvalue weighted by atomic mass is 9.99. The first-order valence-corrected chi connectivity index (χ1v) is 8.80. The van der Waals surface area contributed by atoms with Crippen LogP contribution in [0.2, 0.25) is 0 Å². The summed E-state index contributed by atoms with van der Waals surface area (Å²) in [5.74, 6) is 0.116. The van der Waals surface area contributed by atoms with Crippen molar-refractivity contribution in [1.82, 2.24) is 19.7 Å². The highest BCUT2D eigenvalue weighted by molar-refractivity contribution is 5.85. The van der Waals surface area contributed by atoms with Crippen molar-refractivity contribution in [2.75, 3.05) is 12.3 Å². The van der Waals surface area contributed by atoms with Crippen LogP contribution in [-0.4, -0.2) is 32.5 Å². The standard InChI is InChI=1S/C15H23N5O3.C2H6/c1-8-5-6-9(23-8)20-12-10(13(21)19-20)11(16)17-14(18-12)22-7-15(2,3)4;1-2/h8-9H,5-7H2,1-4H3,(H,19,21)(H2,16,17,18);1-2H3. The first-order valence-electron chi connectivity index (χ1n) is 8.80. The molecular formula is C17H29N5O3. The number of aromatic amines is 1. The van der Waals surface area contributed by atoms with Gasteiger partial charge >= 0.3 is 6.01 Å². The van der Waals surface area contributed by atoms with Crippen LogP contribution in [0.4, 0.5) is 5.82 Å². The number of nitrogens with two attached hydrogens (primary N) is 1. The number of hydrogen-bond donors (Lipinski definition) is 2. The molecule has 140 valence electrons. The first kappa shape index (κ1) is 19.2. The molecule has 0 bridgehead atoms. The number of aromatic nitrogens is 4. The molecule has 2 atom stereocenters. The Balaban J connectivity index is 0.00000109. The number of anilines is 1. The fourth-order valence-electron chi connectivity index (χ4n) is 2.58. The van der Waals surface area contributed by atoms with Gasteiger partial charge in [0.1, 0.15) is 11.2 Å². The molecule has 1 fully saturated rings. The molecule has 2 aromatic rings. The van der Waals surface area contributed by atoms with E-state index in [1.165, 1.54) is 0 Å². The van der Waals surface area contributed by atoms with Crippen LogP contribution < -0.4 is 16.0 Å². The van der Waals surface area contributed by atoms with E-state index < -0.39 is 0 Å². The Morgan fingerprint density at radius 1 is 1.32 bits per heavy atom. The maximum Gasteiger partial charge on any atom is 0.320 e. The summed E-state index contributed by atoms with van der Waals surface area (Å²) in [5.41, 5.74) is 6.00. The minimum absolute atomic E-state index is 0.0328. The second-order valence-electron chi connectivity index (χ2n) is 7.23. The van der Waals surface area contributed by atoms with Crippen molar-refractivity contribution in [2.24, 2.45) is 5.41 Å². The molecule has 1 saturated heterocycles. The van der Waals surface area contributed by atoms with E-state index in [1.807, 2.05) is 20.8 Å². The van der Waals surface area contributed by atoms with Crippen molar-refractivity contribution in [1.29, 1.82) is 0 Å². The van der Waals surface area contributed by atoms with Gasteiger partial charge in [-0.05, 0) is 25.2 Å². The van der Waals surface area contributed by atoms with Gasteiger partial charge in [-0.25, -0.2) is 4.68 Å². The maximum absolute atomic E-state index is 12.2. The zero-order valence-corrected chi connectivity index (χ0v) is 15.9. The molecule has 1 aliphatic heterocycles. The van der Waals surface area contributed by atoms with Crippen molar-refractivity contribution in [3.05, 3.63) is 10.4 Å². The minimum atomic E-state index is -0.317. The van der Waals surface area contributed by atoms with E-state index in [9.17, 15) is 4.79 Å². The smallest absolute Gasteiger partial charge is 0.320 e. The normalized spacial score (nSPS) is 20.4. The Bertz CT molecular complexity index is 775. The predicted octanol–water partition coefficient (Wildman–Crippen LogP) is 2.85. The summed E-state index contributed by atoms with van der Waals surface area (Å²) in [7, 11) is 0. The molecule has 8 nitrogen and oxygen atoms in total. The van der Waals surface area contributed by atoms with Crippen molar-refractivity contribution in [3.8, 4) is 6.01 Å². The summed E-state index contributed by atoms with van der Waals surface area (Å²) >= 11 is 0. The summed E-state index contributed by atoms with van der Waals surface area (Å²) in [5, 5.41) is 3.03. The Kier molecular flexibility index (Phi) is 5.72. The van der Waals surface area contributed by atoms with Crippen molar-refractivity contribution in [3.63, 3.8) is 0 Å². The molecule has 3 heterocycles. The first-order chi connectivity index (χ1) is 11.7. The minimum Gasteiger partial charge on any atom is -0.463 e. The third-order valence-corrected chi connectivity index (χ3v) is 3.71. The van der Waals surface area contributed by atoms with Crippen LogP contribution in [0.15, 0.2) is 4.79 Å². The summed E-state index contributed by atoms with van der Waals surface area (Å²) in [6, 6.07) is 0.170. The number of ether oxygens (including phenoxy) is 2. The predicted molar refractivity (Wildman–Crippen MR) is 97.7 cm³/mol. The molecule has 3 rings (SSSR count). The fraction of sp³-hybridized carbons (Fsp3) is 0.706. The SMILES string of the molecule is CC.CC1CCC(n2[nH]c(=O)c3c(N)nc(OCC(C)(C)C)nc32)O1. The quantitative estimate of drug-likeness (QED) is 0.880. The van der Waals surface area contributed by atoms with Gasteiger partial charge < -0.3 is 15.2 Å². The van der Waals surface area contributed by atoms with Gasteiger partial charge in [0.05, 0.1) is 12.7 Å². The van der Waals surface area contributed by atoms with Gasteiger partial charge in [0.2, 0.25) is 0 Å². The Morgan fingerprint density at radius 3 is 2.56 bits per heavy atom. The molecule has 0 spiro atoms. The van der Waals surface area contributed by atoms with Crippen LogP contribution in [0.5, 0.6) is 6.01 Å². The number of H-pyrrole nitrogens is 1. The Hall–Kier alpha value is -2.09. The second kappa shape index (κ2) is 7.43. The van der Waals surface area contributed by atoms with Gasteiger partial charge in [0.15, 0.2) is 11.9 Å². The van der Waals surface area contributed by atoms with Crippen LogP contribution in [0.3, 0.4) is 0 Å². The van der Waals surface area contributed by atoms with E-state index in [-0.39, 0.29) is 40.5 Å². The van der Waals surface area contributed by atoms with E-state index in [1.54, 1.807) is 4.68 Å². The lowest BCUT2D eigenvalue weighted by Gasteiger charge is -2.18. The van der Waals surface area contributed by atoms with E-state index in [4.69, 9.17) is 15.2 Å². The number of fused-ring (bicyclic) bond motifs is 1. The van der Waals surface area contributed by atoms with Gasteiger partial charge in [0, 0.05) is 0 Å². The van der Waals surface area contributed by atoms with E-state index in [0.29, 0.717) is 12.3 Å². The lowest BCUT2D eigenvalue weighted by molar-refractivity contribution is 0.00544. The molecule has 8 heteroatoms. The molecule has 0 aliphatic carbocycles. The van der Waals surface area contributed by atoms with Crippen LogP contribution in [-0.2, 0) is 4.74 Å².